The SMILES string of the molecule is COc1ccc(-c2ccc(P(c3ccccc3)c3ccccc3)c(-c3ccc(OC)cc3)c2-c2ccc(OC)cc2)cc1. The summed E-state index contributed by atoms with van der Waals surface area (Å²) in [5.41, 5.74) is 6.91. The van der Waals surface area contributed by atoms with Crippen molar-refractivity contribution < 1.29 is 14.2 Å². The van der Waals surface area contributed by atoms with Gasteiger partial charge in [-0.15, -0.1) is 0 Å². The Morgan fingerprint density at radius 3 is 1.19 bits per heavy atom. The van der Waals surface area contributed by atoms with Gasteiger partial charge in [-0.2, -0.15) is 0 Å². The van der Waals surface area contributed by atoms with E-state index in [-0.39, 0.29) is 0 Å². The van der Waals surface area contributed by atoms with Crippen molar-refractivity contribution in [1.82, 2.24) is 0 Å². The van der Waals surface area contributed by atoms with Gasteiger partial charge in [0.15, 0.2) is 0 Å². The number of hydrogen-bond donors (Lipinski definition) is 0. The molecule has 0 aliphatic heterocycles. The summed E-state index contributed by atoms with van der Waals surface area (Å²) in [5, 5.41) is 3.90. The minimum atomic E-state index is -0.883. The summed E-state index contributed by atoms with van der Waals surface area (Å²) < 4.78 is 16.6. The Balaban J connectivity index is 1.71. The monoisotopic (exact) mass is 580 g/mol. The summed E-state index contributed by atoms with van der Waals surface area (Å²) in [5.74, 6) is 2.49. The summed E-state index contributed by atoms with van der Waals surface area (Å²) >= 11 is 0. The largest absolute Gasteiger partial charge is 0.497 e. The van der Waals surface area contributed by atoms with E-state index < -0.39 is 7.92 Å². The fraction of sp³-hybridized carbons (Fsp3) is 0.0769. The zero-order chi connectivity index (χ0) is 29.6. The third kappa shape index (κ3) is 5.91. The second-order valence-corrected chi connectivity index (χ2v) is 12.3. The summed E-state index contributed by atoms with van der Waals surface area (Å²) in [6.07, 6.45) is 0. The summed E-state index contributed by atoms with van der Waals surface area (Å²) in [6.45, 7) is 0. The molecule has 0 unspecified atom stereocenters. The van der Waals surface area contributed by atoms with Crippen LogP contribution in [0.25, 0.3) is 33.4 Å². The Morgan fingerprint density at radius 1 is 0.372 bits per heavy atom. The lowest BCUT2D eigenvalue weighted by Crippen LogP contribution is -2.22. The maximum Gasteiger partial charge on any atom is 0.118 e. The highest BCUT2D eigenvalue weighted by molar-refractivity contribution is 7.80. The fourth-order valence-electron chi connectivity index (χ4n) is 5.48. The van der Waals surface area contributed by atoms with Crippen LogP contribution in [-0.4, -0.2) is 21.3 Å². The van der Waals surface area contributed by atoms with E-state index in [0.29, 0.717) is 0 Å². The lowest BCUT2D eigenvalue weighted by Gasteiger charge is -2.26. The van der Waals surface area contributed by atoms with Gasteiger partial charge in [-0.1, -0.05) is 109 Å². The molecule has 0 amide bonds. The first kappa shape index (κ1) is 28.3. The molecule has 6 rings (SSSR count). The van der Waals surface area contributed by atoms with Crippen molar-refractivity contribution in [3.63, 3.8) is 0 Å². The molecule has 212 valence electrons. The van der Waals surface area contributed by atoms with Crippen molar-refractivity contribution >= 4 is 23.8 Å². The molecule has 0 aromatic heterocycles. The Labute approximate surface area is 255 Å². The molecule has 0 aliphatic rings. The molecular formula is C39H33O3P. The Kier molecular flexibility index (Phi) is 8.54. The standard InChI is InChI=1S/C39H33O3P/c1-40-31-20-14-28(15-21-31)36-26-27-37(43(34-10-6-4-7-11-34)35-12-8-5-9-13-35)39(30-18-24-33(42-3)25-19-30)38(36)29-16-22-32(41-2)23-17-29/h4-27H,1-3H3. The molecule has 0 radical (unpaired) electrons. The molecule has 0 bridgehead atoms. The molecule has 0 atom stereocenters. The molecule has 0 N–H and O–H groups in total. The van der Waals surface area contributed by atoms with Crippen molar-refractivity contribution in [2.45, 2.75) is 0 Å². The van der Waals surface area contributed by atoms with Crippen LogP contribution < -0.4 is 30.1 Å². The lowest BCUT2D eigenvalue weighted by molar-refractivity contribution is 0.414. The predicted octanol–water partition coefficient (Wildman–Crippen LogP) is 8.47. The summed E-state index contributed by atoms with van der Waals surface area (Å²) in [6, 6.07) is 51.5. The average molecular weight is 581 g/mol. The van der Waals surface area contributed by atoms with Crippen LogP contribution in [0.5, 0.6) is 17.2 Å². The van der Waals surface area contributed by atoms with Crippen LogP contribution in [0.3, 0.4) is 0 Å². The van der Waals surface area contributed by atoms with E-state index in [1.807, 2.05) is 36.4 Å². The zero-order valence-electron chi connectivity index (χ0n) is 24.5. The molecule has 6 aromatic carbocycles. The minimum Gasteiger partial charge on any atom is -0.497 e. The molecule has 43 heavy (non-hydrogen) atoms. The normalized spacial score (nSPS) is 10.9. The van der Waals surface area contributed by atoms with Crippen molar-refractivity contribution in [3.8, 4) is 50.6 Å². The maximum atomic E-state index is 5.55. The van der Waals surface area contributed by atoms with Gasteiger partial charge in [-0.3, -0.25) is 0 Å². The van der Waals surface area contributed by atoms with Crippen LogP contribution in [-0.2, 0) is 0 Å². The van der Waals surface area contributed by atoms with E-state index in [1.165, 1.54) is 27.0 Å². The van der Waals surface area contributed by atoms with Crippen molar-refractivity contribution in [3.05, 3.63) is 146 Å². The number of hydrogen-bond acceptors (Lipinski definition) is 3. The van der Waals surface area contributed by atoms with Crippen molar-refractivity contribution in [2.75, 3.05) is 21.3 Å². The summed E-state index contributed by atoms with van der Waals surface area (Å²) in [4.78, 5) is 0. The van der Waals surface area contributed by atoms with E-state index in [0.717, 1.165) is 39.5 Å². The van der Waals surface area contributed by atoms with E-state index >= 15 is 0 Å². The van der Waals surface area contributed by atoms with Gasteiger partial charge in [0.2, 0.25) is 0 Å². The van der Waals surface area contributed by atoms with E-state index in [2.05, 4.69) is 109 Å². The number of ether oxygens (including phenoxy) is 3. The van der Waals surface area contributed by atoms with Crippen LogP contribution in [0, 0.1) is 0 Å². The third-order valence-electron chi connectivity index (χ3n) is 7.61. The van der Waals surface area contributed by atoms with Crippen LogP contribution in [0.15, 0.2) is 146 Å². The average Bonchev–Trinajstić information content (AvgIpc) is 3.09. The van der Waals surface area contributed by atoms with Gasteiger partial charge in [0, 0.05) is 0 Å². The summed E-state index contributed by atoms with van der Waals surface area (Å²) in [7, 11) is 4.22. The Bertz CT molecular complexity index is 1740. The molecule has 0 saturated carbocycles. The topological polar surface area (TPSA) is 27.7 Å². The minimum absolute atomic E-state index is 0.827. The number of rotatable bonds is 9. The zero-order valence-corrected chi connectivity index (χ0v) is 25.4. The predicted molar refractivity (Wildman–Crippen MR) is 181 cm³/mol. The highest BCUT2D eigenvalue weighted by Gasteiger charge is 2.25. The lowest BCUT2D eigenvalue weighted by atomic mass is 9.87. The van der Waals surface area contributed by atoms with Gasteiger partial charge in [-0.05, 0) is 93.6 Å². The fourth-order valence-corrected chi connectivity index (χ4v) is 7.96. The van der Waals surface area contributed by atoms with E-state index in [4.69, 9.17) is 14.2 Å². The molecule has 4 heteroatoms. The van der Waals surface area contributed by atoms with Crippen molar-refractivity contribution in [2.24, 2.45) is 0 Å². The van der Waals surface area contributed by atoms with Gasteiger partial charge in [0.1, 0.15) is 17.2 Å². The molecule has 3 nitrogen and oxygen atoms in total. The highest BCUT2D eigenvalue weighted by atomic mass is 31.1. The van der Waals surface area contributed by atoms with Gasteiger partial charge < -0.3 is 14.2 Å². The molecule has 0 spiro atoms. The van der Waals surface area contributed by atoms with Crippen LogP contribution in [0.1, 0.15) is 0 Å². The van der Waals surface area contributed by atoms with E-state index in [1.54, 1.807) is 21.3 Å². The first-order valence-electron chi connectivity index (χ1n) is 14.2. The van der Waals surface area contributed by atoms with Crippen LogP contribution in [0.4, 0.5) is 0 Å². The molecular weight excluding hydrogens is 547 g/mol. The second-order valence-electron chi connectivity index (χ2n) is 10.1. The smallest absolute Gasteiger partial charge is 0.118 e. The van der Waals surface area contributed by atoms with Gasteiger partial charge in [-0.25, -0.2) is 0 Å². The third-order valence-corrected chi connectivity index (χ3v) is 10.1. The van der Waals surface area contributed by atoms with Gasteiger partial charge >= 0.3 is 0 Å². The molecule has 0 saturated heterocycles. The molecule has 6 aromatic rings. The quantitative estimate of drug-likeness (QED) is 0.161. The molecule has 0 aliphatic carbocycles. The Hall–Kier alpha value is -4.85. The maximum absolute atomic E-state index is 5.55. The molecule has 0 fully saturated rings. The van der Waals surface area contributed by atoms with Crippen LogP contribution >= 0.6 is 7.92 Å². The first-order chi connectivity index (χ1) is 21.2. The second kappa shape index (κ2) is 13.0. The van der Waals surface area contributed by atoms with Crippen molar-refractivity contribution in [1.29, 1.82) is 0 Å². The Morgan fingerprint density at radius 2 is 0.767 bits per heavy atom. The number of benzene rings is 6. The van der Waals surface area contributed by atoms with Gasteiger partial charge in [0.25, 0.3) is 0 Å². The van der Waals surface area contributed by atoms with Crippen LogP contribution in [0.2, 0.25) is 0 Å². The molecule has 0 heterocycles. The van der Waals surface area contributed by atoms with E-state index in [9.17, 15) is 0 Å². The van der Waals surface area contributed by atoms with Gasteiger partial charge in [0.05, 0.1) is 21.3 Å². The number of methoxy groups -OCH3 is 3. The highest BCUT2D eigenvalue weighted by Crippen LogP contribution is 2.46. The first-order valence-corrected chi connectivity index (χ1v) is 15.5.